The van der Waals surface area contributed by atoms with E-state index in [9.17, 15) is 10.1 Å². The van der Waals surface area contributed by atoms with Gasteiger partial charge in [-0.05, 0) is 17.7 Å². The third-order valence-corrected chi connectivity index (χ3v) is 2.83. The number of halogens is 1. The molecule has 8 heteroatoms. The zero-order chi connectivity index (χ0) is 14.5. The Morgan fingerprint density at radius 2 is 2.10 bits per heavy atom. The minimum absolute atomic E-state index is 0.161. The monoisotopic (exact) mass is 293 g/mol. The Kier molecular flexibility index (Phi) is 4.31. The van der Waals surface area contributed by atoms with Crippen LogP contribution in [0.25, 0.3) is 0 Å². The van der Waals surface area contributed by atoms with Crippen LogP contribution in [-0.2, 0) is 6.54 Å². The number of anilines is 2. The molecule has 2 rings (SSSR count). The summed E-state index contributed by atoms with van der Waals surface area (Å²) in [5.41, 5.74) is 0.716. The van der Waals surface area contributed by atoms with Gasteiger partial charge in [-0.1, -0.05) is 23.7 Å². The average Bonchev–Trinajstić information content (AvgIpc) is 2.44. The van der Waals surface area contributed by atoms with Gasteiger partial charge in [0.1, 0.15) is 6.33 Å². The summed E-state index contributed by atoms with van der Waals surface area (Å²) < 4.78 is 0. The van der Waals surface area contributed by atoms with Crippen LogP contribution in [0.5, 0.6) is 0 Å². The highest BCUT2D eigenvalue weighted by Crippen LogP contribution is 2.28. The molecule has 0 atom stereocenters. The van der Waals surface area contributed by atoms with Crippen molar-refractivity contribution in [2.75, 3.05) is 17.7 Å². The smallest absolute Gasteiger partial charge is 0.353 e. The van der Waals surface area contributed by atoms with Crippen LogP contribution in [0.4, 0.5) is 17.3 Å². The minimum Gasteiger partial charge on any atom is -0.367 e. The predicted molar refractivity (Wildman–Crippen MR) is 77.0 cm³/mol. The molecule has 0 aliphatic heterocycles. The van der Waals surface area contributed by atoms with Crippen LogP contribution < -0.4 is 10.6 Å². The molecule has 0 fully saturated rings. The number of hydrogen-bond donors (Lipinski definition) is 2. The Bertz CT molecular complexity index is 635. The summed E-state index contributed by atoms with van der Waals surface area (Å²) in [6, 6.07) is 7.22. The molecule has 0 saturated heterocycles. The number of rotatable bonds is 5. The summed E-state index contributed by atoms with van der Waals surface area (Å²) in [6.45, 7) is 0.377. The normalized spacial score (nSPS) is 10.1. The summed E-state index contributed by atoms with van der Waals surface area (Å²) in [7, 11) is 1.57. The number of nitrogens with zero attached hydrogens (tertiary/aromatic N) is 3. The van der Waals surface area contributed by atoms with Gasteiger partial charge in [0.15, 0.2) is 0 Å². The molecule has 0 saturated carbocycles. The van der Waals surface area contributed by atoms with Gasteiger partial charge >= 0.3 is 5.69 Å². The Labute approximate surface area is 120 Å². The second-order valence-electron chi connectivity index (χ2n) is 3.91. The van der Waals surface area contributed by atoms with Crippen molar-refractivity contribution < 1.29 is 4.92 Å². The van der Waals surface area contributed by atoms with Crippen LogP contribution in [0.15, 0.2) is 30.6 Å². The summed E-state index contributed by atoms with van der Waals surface area (Å²) in [6.07, 6.45) is 1.26. The number of nitro groups is 1. The van der Waals surface area contributed by atoms with Crippen molar-refractivity contribution in [2.24, 2.45) is 0 Å². The minimum atomic E-state index is -0.522. The van der Waals surface area contributed by atoms with Gasteiger partial charge in [-0.25, -0.2) is 9.97 Å². The number of aromatic nitrogens is 2. The van der Waals surface area contributed by atoms with Gasteiger partial charge in [0, 0.05) is 18.6 Å². The van der Waals surface area contributed by atoms with Crippen LogP contribution in [0.2, 0.25) is 5.02 Å². The second-order valence-corrected chi connectivity index (χ2v) is 4.35. The van der Waals surface area contributed by atoms with Crippen molar-refractivity contribution in [2.45, 2.75) is 6.54 Å². The SMILES string of the molecule is CNc1ncnc(NCc2cccc(Cl)c2)c1[N+](=O)[O-]. The Hall–Kier alpha value is -2.41. The molecule has 20 heavy (non-hydrogen) atoms. The van der Waals surface area contributed by atoms with Gasteiger partial charge in [0.25, 0.3) is 0 Å². The molecule has 0 aliphatic carbocycles. The maximum absolute atomic E-state index is 11.1. The molecule has 0 unspecified atom stereocenters. The standard InChI is InChI=1S/C12H12ClN5O2/c1-14-11-10(18(19)20)12(17-7-16-11)15-6-8-3-2-4-9(13)5-8/h2-5,7H,6H2,1H3,(H2,14,15,16,17). The lowest BCUT2D eigenvalue weighted by Gasteiger charge is -2.08. The third-order valence-electron chi connectivity index (χ3n) is 2.59. The van der Waals surface area contributed by atoms with E-state index in [4.69, 9.17) is 11.6 Å². The van der Waals surface area contributed by atoms with Gasteiger partial charge in [-0.15, -0.1) is 0 Å². The van der Waals surface area contributed by atoms with Crippen LogP contribution in [-0.4, -0.2) is 21.9 Å². The van der Waals surface area contributed by atoms with Crippen molar-refractivity contribution in [1.29, 1.82) is 0 Å². The summed E-state index contributed by atoms with van der Waals surface area (Å²) in [5, 5.41) is 17.3. The van der Waals surface area contributed by atoms with E-state index in [0.717, 1.165) is 5.56 Å². The lowest BCUT2D eigenvalue weighted by atomic mass is 10.2. The maximum Gasteiger partial charge on any atom is 0.353 e. The first kappa shape index (κ1) is 14.0. The van der Waals surface area contributed by atoms with Crippen molar-refractivity contribution in [3.63, 3.8) is 0 Å². The lowest BCUT2D eigenvalue weighted by molar-refractivity contribution is -0.383. The second kappa shape index (κ2) is 6.16. The highest BCUT2D eigenvalue weighted by molar-refractivity contribution is 6.30. The van der Waals surface area contributed by atoms with Crippen LogP contribution >= 0.6 is 11.6 Å². The van der Waals surface area contributed by atoms with E-state index in [0.29, 0.717) is 11.6 Å². The largest absolute Gasteiger partial charge is 0.367 e. The quantitative estimate of drug-likeness (QED) is 0.650. The van der Waals surface area contributed by atoms with E-state index < -0.39 is 4.92 Å². The highest BCUT2D eigenvalue weighted by Gasteiger charge is 2.21. The fourth-order valence-corrected chi connectivity index (χ4v) is 1.91. The van der Waals surface area contributed by atoms with Crippen molar-refractivity contribution in [1.82, 2.24) is 9.97 Å². The third kappa shape index (κ3) is 3.12. The molecule has 0 spiro atoms. The first-order valence-corrected chi connectivity index (χ1v) is 6.15. The Morgan fingerprint density at radius 3 is 2.75 bits per heavy atom. The molecule has 1 aromatic carbocycles. The fraction of sp³-hybridized carbons (Fsp3) is 0.167. The van der Waals surface area contributed by atoms with E-state index in [1.807, 2.05) is 12.1 Å². The number of nitrogens with one attached hydrogen (secondary N) is 2. The van der Waals surface area contributed by atoms with Crippen LogP contribution in [0, 0.1) is 10.1 Å². The molecular formula is C12H12ClN5O2. The Morgan fingerprint density at radius 1 is 1.35 bits per heavy atom. The zero-order valence-electron chi connectivity index (χ0n) is 10.6. The average molecular weight is 294 g/mol. The molecule has 104 valence electrons. The fourth-order valence-electron chi connectivity index (χ4n) is 1.70. The summed E-state index contributed by atoms with van der Waals surface area (Å²) in [5.74, 6) is 0.327. The summed E-state index contributed by atoms with van der Waals surface area (Å²) >= 11 is 5.88. The van der Waals surface area contributed by atoms with Gasteiger partial charge in [0.05, 0.1) is 4.92 Å². The Balaban J connectivity index is 2.23. The first-order chi connectivity index (χ1) is 9.61. The molecule has 0 aliphatic rings. The molecule has 0 amide bonds. The molecule has 0 radical (unpaired) electrons. The van der Waals surface area contributed by atoms with Crippen LogP contribution in [0.1, 0.15) is 5.56 Å². The molecule has 1 aromatic heterocycles. The molecule has 2 N–H and O–H groups in total. The molecule has 0 bridgehead atoms. The van der Waals surface area contributed by atoms with E-state index in [-0.39, 0.29) is 17.3 Å². The van der Waals surface area contributed by atoms with Gasteiger partial charge in [0.2, 0.25) is 11.6 Å². The zero-order valence-corrected chi connectivity index (χ0v) is 11.4. The predicted octanol–water partition coefficient (Wildman–Crippen LogP) is 2.69. The topological polar surface area (TPSA) is 93.0 Å². The van der Waals surface area contributed by atoms with Crippen molar-refractivity contribution >= 4 is 28.9 Å². The van der Waals surface area contributed by atoms with Crippen LogP contribution in [0.3, 0.4) is 0 Å². The van der Waals surface area contributed by atoms with Crippen molar-refractivity contribution in [3.05, 3.63) is 51.3 Å². The van der Waals surface area contributed by atoms with Gasteiger partial charge < -0.3 is 10.6 Å². The van der Waals surface area contributed by atoms with E-state index in [2.05, 4.69) is 20.6 Å². The van der Waals surface area contributed by atoms with E-state index >= 15 is 0 Å². The van der Waals surface area contributed by atoms with Crippen molar-refractivity contribution in [3.8, 4) is 0 Å². The van der Waals surface area contributed by atoms with E-state index in [1.165, 1.54) is 6.33 Å². The number of benzene rings is 1. The maximum atomic E-state index is 11.1. The lowest BCUT2D eigenvalue weighted by Crippen LogP contribution is -2.08. The van der Waals surface area contributed by atoms with Gasteiger partial charge in [-0.3, -0.25) is 10.1 Å². The first-order valence-electron chi connectivity index (χ1n) is 5.77. The molecule has 2 aromatic rings. The number of hydrogen-bond acceptors (Lipinski definition) is 6. The van der Waals surface area contributed by atoms with E-state index in [1.54, 1.807) is 19.2 Å². The van der Waals surface area contributed by atoms with Gasteiger partial charge in [-0.2, -0.15) is 0 Å². The summed E-state index contributed by atoms with van der Waals surface area (Å²) in [4.78, 5) is 18.3. The molecule has 7 nitrogen and oxygen atoms in total. The highest BCUT2D eigenvalue weighted by atomic mass is 35.5. The molecule has 1 heterocycles. The molecular weight excluding hydrogens is 282 g/mol.